The molecule has 0 aromatic carbocycles. The molecule has 0 aliphatic rings. The zero-order valence-corrected chi connectivity index (χ0v) is 8.21. The normalized spacial score (nSPS) is 11.2. The molecule has 0 bridgehead atoms. The van der Waals surface area contributed by atoms with Crippen LogP contribution in [0.2, 0.25) is 0 Å². The van der Waals surface area contributed by atoms with E-state index in [0.29, 0.717) is 0 Å². The lowest BCUT2D eigenvalue weighted by Gasteiger charge is -2.01. The van der Waals surface area contributed by atoms with Crippen molar-refractivity contribution in [3.8, 4) is 0 Å². The van der Waals surface area contributed by atoms with E-state index in [9.17, 15) is 13.2 Å². The number of hydrogen-bond acceptors (Lipinski definition) is 4. The van der Waals surface area contributed by atoms with Gasteiger partial charge in [0.15, 0.2) is 0 Å². The van der Waals surface area contributed by atoms with Crippen molar-refractivity contribution in [1.29, 1.82) is 0 Å². The number of rotatable bonds is 3. The Bertz CT molecular complexity index is 438. The minimum Gasteiger partial charge on any atom is -0.364 e. The maximum atomic E-state index is 11.2. The first-order chi connectivity index (χ1) is 6.47. The molecule has 76 valence electrons. The summed E-state index contributed by atoms with van der Waals surface area (Å²) in [5.41, 5.74) is 4.97. The highest BCUT2D eigenvalue weighted by Gasteiger charge is 2.12. The Morgan fingerprint density at radius 1 is 1.50 bits per heavy atom. The van der Waals surface area contributed by atoms with Gasteiger partial charge in [-0.1, -0.05) is 0 Å². The molecule has 0 radical (unpaired) electrons. The molecule has 0 aliphatic carbocycles. The van der Waals surface area contributed by atoms with Crippen LogP contribution in [0.1, 0.15) is 10.5 Å². The van der Waals surface area contributed by atoms with E-state index < -0.39 is 15.9 Å². The number of pyridine rings is 1. The number of carbonyl (C=O) groups is 1. The van der Waals surface area contributed by atoms with E-state index in [1.807, 2.05) is 0 Å². The summed E-state index contributed by atoms with van der Waals surface area (Å²) in [5, 5.41) is 0. The van der Waals surface area contributed by atoms with Crippen molar-refractivity contribution < 1.29 is 13.2 Å². The third kappa shape index (κ3) is 2.06. The summed E-state index contributed by atoms with van der Waals surface area (Å²) in [5.74, 6) is -0.696. The van der Waals surface area contributed by atoms with Crippen LogP contribution in [0.15, 0.2) is 23.2 Å². The number of carbonyl (C=O) groups excluding carboxylic acids is 1. The Morgan fingerprint density at radius 2 is 2.14 bits per heavy atom. The molecular formula is C7H9N3O3S. The first-order valence-electron chi connectivity index (χ1n) is 3.67. The fourth-order valence-corrected chi connectivity index (χ4v) is 1.48. The molecule has 0 aliphatic heterocycles. The van der Waals surface area contributed by atoms with Gasteiger partial charge in [0.25, 0.3) is 5.91 Å². The fourth-order valence-electron chi connectivity index (χ4n) is 0.803. The van der Waals surface area contributed by atoms with Crippen molar-refractivity contribution in [2.75, 3.05) is 7.05 Å². The van der Waals surface area contributed by atoms with Crippen LogP contribution < -0.4 is 10.5 Å². The number of nitrogens with zero attached hydrogens (tertiary/aromatic N) is 1. The zero-order valence-electron chi connectivity index (χ0n) is 7.39. The smallest absolute Gasteiger partial charge is 0.267 e. The summed E-state index contributed by atoms with van der Waals surface area (Å²) in [6.45, 7) is 0. The molecule has 0 unspecified atom stereocenters. The van der Waals surface area contributed by atoms with E-state index in [1.165, 1.54) is 19.2 Å². The number of aromatic nitrogens is 1. The quantitative estimate of drug-likeness (QED) is 0.681. The monoisotopic (exact) mass is 215 g/mol. The van der Waals surface area contributed by atoms with Crippen LogP contribution in [-0.4, -0.2) is 26.4 Å². The van der Waals surface area contributed by atoms with Gasteiger partial charge in [-0.05, 0) is 19.2 Å². The maximum absolute atomic E-state index is 11.2. The Hall–Kier alpha value is -1.47. The number of hydrogen-bond donors (Lipinski definition) is 2. The summed E-state index contributed by atoms with van der Waals surface area (Å²) in [7, 11) is -2.22. The van der Waals surface area contributed by atoms with Gasteiger partial charge in [0, 0.05) is 6.20 Å². The van der Waals surface area contributed by atoms with Gasteiger partial charge in [0.2, 0.25) is 10.0 Å². The van der Waals surface area contributed by atoms with Gasteiger partial charge in [-0.3, -0.25) is 4.79 Å². The van der Waals surface area contributed by atoms with Gasteiger partial charge in [-0.2, -0.15) is 0 Å². The van der Waals surface area contributed by atoms with Crippen molar-refractivity contribution in [3.63, 3.8) is 0 Å². The minimum atomic E-state index is -3.51. The highest BCUT2D eigenvalue weighted by Crippen LogP contribution is 2.06. The van der Waals surface area contributed by atoms with Gasteiger partial charge >= 0.3 is 0 Å². The number of nitrogens with two attached hydrogens (primary N) is 1. The second-order valence-corrected chi connectivity index (χ2v) is 4.34. The van der Waals surface area contributed by atoms with Crippen LogP contribution in [0.4, 0.5) is 0 Å². The minimum absolute atomic E-state index is 0.00926. The molecule has 14 heavy (non-hydrogen) atoms. The lowest BCUT2D eigenvalue weighted by Crippen LogP contribution is -2.19. The molecule has 3 N–H and O–H groups in total. The topological polar surface area (TPSA) is 102 Å². The molecule has 0 atom stereocenters. The van der Waals surface area contributed by atoms with E-state index in [-0.39, 0.29) is 10.6 Å². The van der Waals surface area contributed by atoms with Crippen molar-refractivity contribution >= 4 is 15.9 Å². The highest BCUT2D eigenvalue weighted by atomic mass is 32.2. The Labute approximate surface area is 81.2 Å². The first kappa shape index (κ1) is 10.6. The van der Waals surface area contributed by atoms with Gasteiger partial charge in [-0.15, -0.1) is 0 Å². The molecule has 0 saturated carbocycles. The fraction of sp³-hybridized carbons (Fsp3) is 0.143. The molecule has 0 fully saturated rings. The van der Waals surface area contributed by atoms with Crippen molar-refractivity contribution in [1.82, 2.24) is 9.71 Å². The third-order valence-corrected chi connectivity index (χ3v) is 2.97. The summed E-state index contributed by atoms with van der Waals surface area (Å²) in [6, 6.07) is 2.52. The molecule has 0 spiro atoms. The molecule has 1 rings (SSSR count). The number of primary amides is 1. The Morgan fingerprint density at radius 3 is 2.50 bits per heavy atom. The lowest BCUT2D eigenvalue weighted by atomic mass is 10.3. The van der Waals surface area contributed by atoms with Crippen molar-refractivity contribution in [2.24, 2.45) is 5.73 Å². The summed E-state index contributed by atoms with van der Waals surface area (Å²) in [6.07, 6.45) is 1.08. The highest BCUT2D eigenvalue weighted by molar-refractivity contribution is 7.89. The molecular weight excluding hydrogens is 206 g/mol. The summed E-state index contributed by atoms with van der Waals surface area (Å²) in [4.78, 5) is 14.2. The van der Waals surface area contributed by atoms with Crippen LogP contribution in [0.3, 0.4) is 0 Å². The third-order valence-electron chi connectivity index (χ3n) is 1.57. The van der Waals surface area contributed by atoms with Crippen LogP contribution >= 0.6 is 0 Å². The van der Waals surface area contributed by atoms with E-state index in [2.05, 4.69) is 9.71 Å². The maximum Gasteiger partial charge on any atom is 0.267 e. The number of sulfonamides is 1. The van der Waals surface area contributed by atoms with E-state index in [0.717, 1.165) is 6.20 Å². The van der Waals surface area contributed by atoms with Gasteiger partial charge in [0.05, 0.1) is 0 Å². The molecule has 6 nitrogen and oxygen atoms in total. The van der Waals surface area contributed by atoms with Gasteiger partial charge < -0.3 is 5.73 Å². The average Bonchev–Trinajstić information content (AvgIpc) is 2.18. The second-order valence-electron chi connectivity index (χ2n) is 2.45. The molecule has 7 heteroatoms. The number of amides is 1. The first-order valence-corrected chi connectivity index (χ1v) is 5.15. The SMILES string of the molecule is CNS(=O)(=O)c1ccc(C(N)=O)nc1. The predicted molar refractivity (Wildman–Crippen MR) is 49.0 cm³/mol. The molecule has 1 aromatic rings. The number of nitrogens with one attached hydrogen (secondary N) is 1. The average molecular weight is 215 g/mol. The van der Waals surface area contributed by atoms with Crippen molar-refractivity contribution in [3.05, 3.63) is 24.0 Å². The van der Waals surface area contributed by atoms with Crippen LogP contribution in [0.5, 0.6) is 0 Å². The summed E-state index contributed by atoms with van der Waals surface area (Å²) < 4.78 is 24.6. The molecule has 1 aromatic heterocycles. The van der Waals surface area contributed by atoms with Gasteiger partial charge in [0.1, 0.15) is 10.6 Å². The van der Waals surface area contributed by atoms with E-state index >= 15 is 0 Å². The molecule has 1 heterocycles. The lowest BCUT2D eigenvalue weighted by molar-refractivity contribution is 0.0995. The van der Waals surface area contributed by atoms with Crippen LogP contribution in [0, 0.1) is 0 Å². The van der Waals surface area contributed by atoms with E-state index in [4.69, 9.17) is 5.73 Å². The molecule has 1 amide bonds. The van der Waals surface area contributed by atoms with Crippen molar-refractivity contribution in [2.45, 2.75) is 4.90 Å². The molecule has 0 saturated heterocycles. The van der Waals surface area contributed by atoms with Crippen LogP contribution in [-0.2, 0) is 10.0 Å². The summed E-state index contributed by atoms with van der Waals surface area (Å²) >= 11 is 0. The standard InChI is InChI=1S/C7H9N3O3S/c1-9-14(12,13)5-2-3-6(7(8)11)10-4-5/h2-4,9H,1H3,(H2,8,11). The zero-order chi connectivity index (χ0) is 10.8. The Balaban J connectivity index is 3.12. The van der Waals surface area contributed by atoms with E-state index in [1.54, 1.807) is 0 Å². The van der Waals surface area contributed by atoms with Gasteiger partial charge in [-0.25, -0.2) is 18.1 Å². The largest absolute Gasteiger partial charge is 0.364 e. The predicted octanol–water partition coefficient (Wildman–Crippen LogP) is -0.911. The van der Waals surface area contributed by atoms with Crippen LogP contribution in [0.25, 0.3) is 0 Å². The second kappa shape index (κ2) is 3.72. The Kier molecular flexibility index (Phi) is 2.82.